The number of ether oxygens (including phenoxy) is 2. The number of methoxy groups -OCH3 is 2. The molecule has 2 N–H and O–H groups in total. The first-order valence-corrected chi connectivity index (χ1v) is 9.94. The molecule has 0 radical (unpaired) electrons. The van der Waals surface area contributed by atoms with Gasteiger partial charge in [0.25, 0.3) is 0 Å². The molecule has 0 bridgehead atoms. The van der Waals surface area contributed by atoms with Crippen molar-refractivity contribution in [1.82, 2.24) is 9.88 Å². The van der Waals surface area contributed by atoms with Crippen LogP contribution in [0.15, 0.2) is 36.4 Å². The van der Waals surface area contributed by atoms with E-state index in [0.29, 0.717) is 22.2 Å². The minimum absolute atomic E-state index is 0.646. The molecule has 3 aromatic rings. The fraction of sp³-hybridized carbons (Fsp3) is 0.318. The van der Waals surface area contributed by atoms with Crippen molar-refractivity contribution in [2.75, 3.05) is 58.1 Å². The zero-order valence-corrected chi connectivity index (χ0v) is 17.7. The highest BCUT2D eigenvalue weighted by Gasteiger charge is 2.23. The third-order valence-corrected chi connectivity index (χ3v) is 5.68. The average molecular weight is 413 g/mol. The quantitative estimate of drug-likeness (QED) is 0.701. The summed E-state index contributed by atoms with van der Waals surface area (Å²) < 4.78 is 10.9. The molecule has 0 aliphatic carbocycles. The van der Waals surface area contributed by atoms with Crippen molar-refractivity contribution in [2.45, 2.75) is 0 Å². The molecular weight excluding hydrogens is 388 g/mol. The van der Waals surface area contributed by atoms with Crippen LogP contribution in [-0.4, -0.2) is 57.3 Å². The number of nitrogens with zero attached hydrogens (tertiary/aromatic N) is 3. The highest BCUT2D eigenvalue weighted by molar-refractivity contribution is 6.31. The molecule has 0 unspecified atom stereocenters. The van der Waals surface area contributed by atoms with E-state index in [2.05, 4.69) is 16.8 Å². The molecule has 152 valence electrons. The van der Waals surface area contributed by atoms with E-state index in [9.17, 15) is 0 Å². The van der Waals surface area contributed by atoms with Crippen molar-refractivity contribution < 1.29 is 9.47 Å². The van der Waals surface area contributed by atoms with Crippen molar-refractivity contribution in [1.29, 1.82) is 0 Å². The summed E-state index contributed by atoms with van der Waals surface area (Å²) in [7, 11) is 5.39. The van der Waals surface area contributed by atoms with Gasteiger partial charge in [-0.1, -0.05) is 17.7 Å². The van der Waals surface area contributed by atoms with E-state index >= 15 is 0 Å². The van der Waals surface area contributed by atoms with Crippen LogP contribution in [0, 0.1) is 0 Å². The molecule has 2 aromatic carbocycles. The molecule has 2 heterocycles. The highest BCUT2D eigenvalue weighted by Crippen LogP contribution is 2.42. The molecule has 7 heteroatoms. The largest absolute Gasteiger partial charge is 0.493 e. The number of halogens is 1. The molecule has 6 nitrogen and oxygen atoms in total. The van der Waals surface area contributed by atoms with E-state index in [-0.39, 0.29) is 0 Å². The number of anilines is 2. The Bertz CT molecular complexity index is 1050. The lowest BCUT2D eigenvalue weighted by molar-refractivity contribution is 0.312. The third kappa shape index (κ3) is 3.66. The van der Waals surface area contributed by atoms with Crippen LogP contribution in [-0.2, 0) is 0 Å². The lowest BCUT2D eigenvalue weighted by Gasteiger charge is -2.35. The first-order valence-electron chi connectivity index (χ1n) is 9.56. The summed E-state index contributed by atoms with van der Waals surface area (Å²) in [5.74, 6) is 2.21. The molecule has 0 atom stereocenters. The smallest absolute Gasteiger partial charge is 0.161 e. The lowest BCUT2D eigenvalue weighted by Crippen LogP contribution is -2.45. The summed E-state index contributed by atoms with van der Waals surface area (Å²) in [5, 5.41) is 1.53. The summed E-state index contributed by atoms with van der Waals surface area (Å²) in [6.07, 6.45) is 0. The molecule has 4 rings (SSSR count). The van der Waals surface area contributed by atoms with Crippen LogP contribution in [0.4, 0.5) is 11.5 Å². The van der Waals surface area contributed by atoms with Crippen molar-refractivity contribution >= 4 is 34.0 Å². The first kappa shape index (κ1) is 19.6. The van der Waals surface area contributed by atoms with Crippen molar-refractivity contribution in [3.8, 4) is 22.6 Å². The summed E-state index contributed by atoms with van der Waals surface area (Å²) in [4.78, 5) is 9.60. The van der Waals surface area contributed by atoms with Crippen molar-refractivity contribution in [3.63, 3.8) is 0 Å². The second-order valence-corrected chi connectivity index (χ2v) is 7.68. The number of nitrogen functional groups attached to an aromatic ring is 1. The molecule has 1 aliphatic heterocycles. The normalized spacial score (nSPS) is 15.0. The number of rotatable bonds is 4. The maximum atomic E-state index is 6.71. The second kappa shape index (κ2) is 7.97. The van der Waals surface area contributed by atoms with Gasteiger partial charge in [-0.15, -0.1) is 0 Å². The summed E-state index contributed by atoms with van der Waals surface area (Å²) in [6.45, 7) is 3.71. The van der Waals surface area contributed by atoms with Gasteiger partial charge >= 0.3 is 0 Å². The van der Waals surface area contributed by atoms with Gasteiger partial charge in [0.05, 0.1) is 25.4 Å². The van der Waals surface area contributed by atoms with Crippen LogP contribution in [0.25, 0.3) is 22.0 Å². The molecule has 0 saturated carbocycles. The van der Waals surface area contributed by atoms with Crippen LogP contribution in [0.5, 0.6) is 11.5 Å². The second-order valence-electron chi connectivity index (χ2n) is 7.25. The van der Waals surface area contributed by atoms with E-state index in [1.54, 1.807) is 14.2 Å². The van der Waals surface area contributed by atoms with Crippen LogP contribution in [0.2, 0.25) is 5.02 Å². The maximum absolute atomic E-state index is 6.71. The van der Waals surface area contributed by atoms with Crippen molar-refractivity contribution in [2.24, 2.45) is 0 Å². The Balaban J connectivity index is 1.94. The Labute approximate surface area is 175 Å². The minimum atomic E-state index is 0.646. The number of aromatic nitrogens is 1. The SMILES string of the molecule is COc1ccc(-c2c(N3CCN(C)CC3)nc3cc(Cl)ccc3c2N)cc1OC. The number of hydrogen-bond acceptors (Lipinski definition) is 6. The van der Waals surface area contributed by atoms with Crippen molar-refractivity contribution in [3.05, 3.63) is 41.4 Å². The molecule has 0 amide bonds. The van der Waals surface area contributed by atoms with E-state index in [4.69, 9.17) is 31.8 Å². The Kier molecular flexibility index (Phi) is 5.39. The van der Waals surface area contributed by atoms with Gasteiger partial charge in [0.1, 0.15) is 5.82 Å². The standard InChI is InChI=1S/C22H25ClN4O2/c1-26-8-10-27(11-9-26)22-20(14-4-7-18(28-2)19(12-14)29-3)21(24)16-6-5-15(23)13-17(16)25-22/h4-7,12-13H,8-11H2,1-3H3,(H2,24,25). The molecule has 1 aliphatic rings. The number of hydrogen-bond donors (Lipinski definition) is 1. The minimum Gasteiger partial charge on any atom is -0.493 e. The molecule has 0 spiro atoms. The highest BCUT2D eigenvalue weighted by atomic mass is 35.5. The predicted octanol–water partition coefficient (Wildman–Crippen LogP) is 3.91. The number of nitrogens with two attached hydrogens (primary N) is 1. The molecule has 1 saturated heterocycles. The Morgan fingerprint density at radius 1 is 0.966 bits per heavy atom. The van der Waals surface area contributed by atoms with Gasteiger partial charge in [-0.25, -0.2) is 4.98 Å². The zero-order valence-electron chi connectivity index (χ0n) is 16.9. The Morgan fingerprint density at radius 3 is 2.38 bits per heavy atom. The number of piperazine rings is 1. The molecule has 1 aromatic heterocycles. The molecule has 1 fully saturated rings. The van der Waals surface area contributed by atoms with Gasteiger partial charge < -0.3 is 25.0 Å². The van der Waals surface area contributed by atoms with Gasteiger partial charge in [0.2, 0.25) is 0 Å². The zero-order chi connectivity index (χ0) is 20.5. The van der Waals surface area contributed by atoms with E-state index < -0.39 is 0 Å². The third-order valence-electron chi connectivity index (χ3n) is 5.44. The van der Waals surface area contributed by atoms with Gasteiger partial charge in [-0.3, -0.25) is 0 Å². The topological polar surface area (TPSA) is 63.9 Å². The molecule has 29 heavy (non-hydrogen) atoms. The number of benzene rings is 2. The number of fused-ring (bicyclic) bond motifs is 1. The fourth-order valence-corrected chi connectivity index (χ4v) is 3.94. The van der Waals surface area contributed by atoms with Gasteiger partial charge in [0.15, 0.2) is 11.5 Å². The van der Waals surface area contributed by atoms with E-state index in [0.717, 1.165) is 54.0 Å². The summed E-state index contributed by atoms with van der Waals surface area (Å²) >= 11 is 6.23. The average Bonchev–Trinajstić information content (AvgIpc) is 2.73. The van der Waals surface area contributed by atoms with Crippen LogP contribution < -0.4 is 20.1 Å². The predicted molar refractivity (Wildman–Crippen MR) is 119 cm³/mol. The Hall–Kier alpha value is -2.70. The van der Waals surface area contributed by atoms with Crippen LogP contribution >= 0.6 is 11.6 Å². The first-order chi connectivity index (χ1) is 14.0. The van der Waals surface area contributed by atoms with Gasteiger partial charge in [-0.05, 0) is 42.9 Å². The fourth-order valence-electron chi connectivity index (χ4n) is 3.77. The summed E-state index contributed by atoms with van der Waals surface area (Å²) in [5.41, 5.74) is 10.0. The Morgan fingerprint density at radius 2 is 1.69 bits per heavy atom. The molecular formula is C22H25ClN4O2. The number of likely N-dealkylation sites (N-methyl/N-ethyl adjacent to an activating group) is 1. The monoisotopic (exact) mass is 412 g/mol. The summed E-state index contributed by atoms with van der Waals surface area (Å²) in [6, 6.07) is 11.5. The maximum Gasteiger partial charge on any atom is 0.161 e. The van der Waals surface area contributed by atoms with Crippen LogP contribution in [0.1, 0.15) is 0 Å². The van der Waals surface area contributed by atoms with Gasteiger partial charge in [-0.2, -0.15) is 0 Å². The van der Waals surface area contributed by atoms with E-state index in [1.807, 2.05) is 36.4 Å². The lowest BCUT2D eigenvalue weighted by atomic mass is 10.00. The van der Waals surface area contributed by atoms with E-state index in [1.165, 1.54) is 0 Å². The van der Waals surface area contributed by atoms with Gasteiger partial charge in [0, 0.05) is 42.2 Å². The van der Waals surface area contributed by atoms with Crippen LogP contribution in [0.3, 0.4) is 0 Å². The number of pyridine rings is 1.